The third-order valence-electron chi connectivity index (χ3n) is 8.79. The van der Waals surface area contributed by atoms with Crippen molar-refractivity contribution >= 4 is 15.9 Å². The molecule has 0 unspecified atom stereocenters. The van der Waals surface area contributed by atoms with E-state index in [0.717, 1.165) is 30.8 Å². The van der Waals surface area contributed by atoms with Crippen LogP contribution in [0.25, 0.3) is 0 Å². The highest BCUT2D eigenvalue weighted by Gasteiger charge is 2.30. The van der Waals surface area contributed by atoms with Crippen molar-refractivity contribution in [3.8, 4) is 0 Å². The fourth-order valence-corrected chi connectivity index (χ4v) is 7.67. The molecule has 8 heteroatoms. The highest BCUT2D eigenvalue weighted by Crippen LogP contribution is 2.30. The van der Waals surface area contributed by atoms with Crippen LogP contribution in [0.15, 0.2) is 114 Å². The van der Waals surface area contributed by atoms with Crippen LogP contribution in [0.2, 0.25) is 0 Å². The number of carbonyl (C=O) groups excluding carboxylic acids is 1. The first kappa shape index (κ1) is 30.2. The minimum atomic E-state index is -3.48. The molecule has 2 fully saturated rings. The summed E-state index contributed by atoms with van der Waals surface area (Å²) in [5, 5.41) is 0. The summed E-state index contributed by atoms with van der Waals surface area (Å²) in [5.74, 6) is 0.0714. The molecule has 6 rings (SSSR count). The van der Waals surface area contributed by atoms with Crippen molar-refractivity contribution in [2.75, 3.05) is 52.4 Å². The summed E-state index contributed by atoms with van der Waals surface area (Å²) in [7, 11) is -3.48. The molecule has 0 radical (unpaired) electrons. The maximum absolute atomic E-state index is 13.4. The van der Waals surface area contributed by atoms with E-state index >= 15 is 0 Å². The first-order valence-corrected chi connectivity index (χ1v) is 16.8. The zero-order valence-corrected chi connectivity index (χ0v) is 26.1. The van der Waals surface area contributed by atoms with Gasteiger partial charge in [0.05, 0.1) is 10.9 Å². The van der Waals surface area contributed by atoms with Crippen LogP contribution in [0, 0.1) is 6.92 Å². The third kappa shape index (κ3) is 6.79. The van der Waals surface area contributed by atoms with Gasteiger partial charge in [-0.15, -0.1) is 0 Å². The number of aryl methyl sites for hydroxylation is 1. The summed E-state index contributed by atoms with van der Waals surface area (Å²) < 4.78 is 27.7. The van der Waals surface area contributed by atoms with Gasteiger partial charge >= 0.3 is 0 Å². The highest BCUT2D eigenvalue weighted by atomic mass is 32.2. The average Bonchev–Trinajstić information content (AvgIpc) is 3.07. The fraction of sp³-hybridized carbons (Fsp3) is 0.306. The van der Waals surface area contributed by atoms with Crippen molar-refractivity contribution in [1.82, 2.24) is 19.0 Å². The SMILES string of the molecule is Cc1ccc(S(=O)(=O)N2CCN(Cc3ccc(C(=O)N4CCN(C(c5ccccc5)c5ccccc5)CC4)cc3)CC2)cc1. The molecule has 2 saturated heterocycles. The molecule has 0 N–H and O–H groups in total. The Kier molecular flexibility index (Phi) is 9.23. The molecule has 1 amide bonds. The number of hydrogen-bond acceptors (Lipinski definition) is 5. The van der Waals surface area contributed by atoms with Gasteiger partial charge in [-0.05, 0) is 47.9 Å². The number of sulfonamides is 1. The average molecular weight is 609 g/mol. The Morgan fingerprint density at radius 1 is 0.659 bits per heavy atom. The van der Waals surface area contributed by atoms with Gasteiger partial charge in [0.15, 0.2) is 0 Å². The first-order chi connectivity index (χ1) is 21.4. The molecular formula is C36H40N4O3S. The van der Waals surface area contributed by atoms with Crippen LogP contribution in [-0.2, 0) is 16.6 Å². The van der Waals surface area contributed by atoms with Crippen LogP contribution in [0.5, 0.6) is 0 Å². The summed E-state index contributed by atoms with van der Waals surface area (Å²) in [6.07, 6.45) is 0. The van der Waals surface area contributed by atoms with E-state index in [-0.39, 0.29) is 11.9 Å². The van der Waals surface area contributed by atoms with Gasteiger partial charge in [-0.3, -0.25) is 14.6 Å². The normalized spacial score (nSPS) is 17.2. The molecule has 4 aromatic rings. The lowest BCUT2D eigenvalue weighted by molar-refractivity contribution is 0.0597. The van der Waals surface area contributed by atoms with Crippen LogP contribution in [0.1, 0.15) is 38.7 Å². The summed E-state index contributed by atoms with van der Waals surface area (Å²) >= 11 is 0. The molecule has 228 valence electrons. The molecule has 0 spiro atoms. The monoisotopic (exact) mass is 608 g/mol. The second kappa shape index (κ2) is 13.4. The Morgan fingerprint density at radius 2 is 1.20 bits per heavy atom. The van der Waals surface area contributed by atoms with Crippen molar-refractivity contribution in [3.05, 3.63) is 137 Å². The standard InChI is InChI=1S/C36H40N4O3S/c1-29-12-18-34(19-13-29)44(42,43)40-26-20-37(21-27-40)28-30-14-16-33(17-15-30)36(41)39-24-22-38(23-25-39)35(31-8-4-2-5-9-31)32-10-6-3-7-11-32/h2-19,35H,20-28H2,1H3. The van der Waals surface area contributed by atoms with Crippen molar-refractivity contribution < 1.29 is 13.2 Å². The molecule has 0 saturated carbocycles. The Labute approximate surface area is 261 Å². The van der Waals surface area contributed by atoms with Gasteiger partial charge in [-0.25, -0.2) is 8.42 Å². The van der Waals surface area contributed by atoms with Gasteiger partial charge in [0.1, 0.15) is 0 Å². The number of rotatable bonds is 8. The number of benzene rings is 4. The molecule has 7 nitrogen and oxygen atoms in total. The van der Waals surface area contributed by atoms with Gasteiger partial charge in [-0.2, -0.15) is 4.31 Å². The van der Waals surface area contributed by atoms with E-state index in [9.17, 15) is 13.2 Å². The predicted molar refractivity (Wildman–Crippen MR) is 174 cm³/mol. The Bertz CT molecular complexity index is 1590. The highest BCUT2D eigenvalue weighted by molar-refractivity contribution is 7.89. The molecule has 2 aliphatic heterocycles. The van der Waals surface area contributed by atoms with E-state index in [4.69, 9.17) is 0 Å². The van der Waals surface area contributed by atoms with E-state index in [1.807, 2.05) is 60.4 Å². The van der Waals surface area contributed by atoms with Crippen molar-refractivity contribution in [3.63, 3.8) is 0 Å². The van der Waals surface area contributed by atoms with Crippen LogP contribution < -0.4 is 0 Å². The van der Waals surface area contributed by atoms with Crippen molar-refractivity contribution in [2.45, 2.75) is 24.4 Å². The summed E-state index contributed by atoms with van der Waals surface area (Å²) in [6.45, 7) is 7.94. The van der Waals surface area contributed by atoms with Crippen molar-refractivity contribution in [1.29, 1.82) is 0 Å². The minimum Gasteiger partial charge on any atom is -0.336 e. The van der Waals surface area contributed by atoms with E-state index < -0.39 is 10.0 Å². The van der Waals surface area contributed by atoms with Crippen LogP contribution >= 0.6 is 0 Å². The number of nitrogens with zero attached hydrogens (tertiary/aromatic N) is 4. The lowest BCUT2D eigenvalue weighted by atomic mass is 9.96. The van der Waals surface area contributed by atoms with Gasteiger partial charge in [0, 0.05) is 64.5 Å². The molecule has 0 bridgehead atoms. The third-order valence-corrected chi connectivity index (χ3v) is 10.7. The Morgan fingerprint density at radius 3 is 1.75 bits per heavy atom. The van der Waals surface area contributed by atoms with Crippen LogP contribution in [0.3, 0.4) is 0 Å². The summed E-state index contributed by atoms with van der Waals surface area (Å²) in [6, 6.07) is 36.3. The second-order valence-electron chi connectivity index (χ2n) is 11.7. The number of carbonyl (C=O) groups is 1. The Balaban J connectivity index is 1.02. The topological polar surface area (TPSA) is 64.2 Å². The maximum Gasteiger partial charge on any atom is 0.253 e. The first-order valence-electron chi connectivity index (χ1n) is 15.4. The summed E-state index contributed by atoms with van der Waals surface area (Å²) in [5.41, 5.74) is 5.40. The molecule has 0 aromatic heterocycles. The quantitative estimate of drug-likeness (QED) is 0.280. The zero-order chi connectivity index (χ0) is 30.5. The predicted octanol–water partition coefficient (Wildman–Crippen LogP) is 5.05. The molecular weight excluding hydrogens is 568 g/mol. The molecule has 2 heterocycles. The zero-order valence-electron chi connectivity index (χ0n) is 25.3. The maximum atomic E-state index is 13.4. The van der Waals surface area contributed by atoms with E-state index in [0.29, 0.717) is 49.7 Å². The van der Waals surface area contributed by atoms with Crippen molar-refractivity contribution in [2.24, 2.45) is 0 Å². The smallest absolute Gasteiger partial charge is 0.253 e. The minimum absolute atomic E-state index is 0.0714. The lowest BCUT2D eigenvalue weighted by Crippen LogP contribution is -2.49. The number of hydrogen-bond donors (Lipinski definition) is 0. The van der Waals surface area contributed by atoms with Crippen LogP contribution in [-0.4, -0.2) is 85.7 Å². The van der Waals surface area contributed by atoms with E-state index in [2.05, 4.69) is 58.3 Å². The lowest BCUT2D eigenvalue weighted by Gasteiger charge is -2.39. The largest absolute Gasteiger partial charge is 0.336 e. The second-order valence-corrected chi connectivity index (χ2v) is 13.7. The summed E-state index contributed by atoms with van der Waals surface area (Å²) in [4.78, 5) is 20.5. The number of amides is 1. The molecule has 44 heavy (non-hydrogen) atoms. The molecule has 2 aliphatic rings. The molecule has 0 aliphatic carbocycles. The van der Waals surface area contributed by atoms with Gasteiger partial charge < -0.3 is 4.90 Å². The van der Waals surface area contributed by atoms with Gasteiger partial charge in [0.2, 0.25) is 10.0 Å². The van der Waals surface area contributed by atoms with Crippen LogP contribution in [0.4, 0.5) is 0 Å². The van der Waals surface area contributed by atoms with Gasteiger partial charge in [0.25, 0.3) is 5.91 Å². The fourth-order valence-electron chi connectivity index (χ4n) is 6.25. The number of piperazine rings is 2. The van der Waals surface area contributed by atoms with E-state index in [1.54, 1.807) is 16.4 Å². The molecule has 4 aromatic carbocycles. The van der Waals surface area contributed by atoms with Gasteiger partial charge in [-0.1, -0.05) is 90.5 Å². The molecule has 0 atom stereocenters. The van der Waals surface area contributed by atoms with E-state index in [1.165, 1.54) is 11.1 Å². The Hall–Kier alpha value is -3.82.